The summed E-state index contributed by atoms with van der Waals surface area (Å²) < 4.78 is 27.5. The highest BCUT2D eigenvalue weighted by Gasteiger charge is 2.23. The second-order valence-corrected chi connectivity index (χ2v) is 7.36. The van der Waals surface area contributed by atoms with Crippen LogP contribution in [0.15, 0.2) is 28.7 Å². The van der Waals surface area contributed by atoms with E-state index >= 15 is 0 Å². The smallest absolute Gasteiger partial charge is 0.250 e. The summed E-state index contributed by atoms with van der Waals surface area (Å²) in [6.45, 7) is 1.90. The molecule has 1 unspecified atom stereocenters. The molecular formula is C12H17N3O3S2. The third-order valence-corrected chi connectivity index (χ3v) is 5.92. The number of hydrogen-bond acceptors (Lipinski definition) is 5. The van der Waals surface area contributed by atoms with Crippen molar-refractivity contribution in [2.75, 3.05) is 6.61 Å². The first-order chi connectivity index (χ1) is 9.56. The number of H-pyrrole nitrogens is 1. The second-order valence-electron chi connectivity index (χ2n) is 4.25. The summed E-state index contributed by atoms with van der Waals surface area (Å²) in [4.78, 5) is 7.85. The van der Waals surface area contributed by atoms with Crippen LogP contribution in [-0.4, -0.2) is 30.1 Å². The number of aromatic nitrogens is 2. The molecule has 2 rings (SSSR count). The van der Waals surface area contributed by atoms with Crippen LogP contribution in [0, 0.1) is 0 Å². The van der Waals surface area contributed by atoms with Gasteiger partial charge in [-0.1, -0.05) is 6.92 Å². The topological polar surface area (TPSA) is 95.1 Å². The van der Waals surface area contributed by atoms with Gasteiger partial charge in [0.2, 0.25) is 0 Å². The number of aliphatic hydroxyl groups is 1. The van der Waals surface area contributed by atoms with Crippen LogP contribution in [-0.2, 0) is 16.4 Å². The van der Waals surface area contributed by atoms with E-state index in [0.29, 0.717) is 18.7 Å². The molecule has 1 atom stereocenters. The van der Waals surface area contributed by atoms with Crippen LogP contribution in [0.4, 0.5) is 0 Å². The molecule has 6 nitrogen and oxygen atoms in total. The first-order valence-electron chi connectivity index (χ1n) is 6.28. The van der Waals surface area contributed by atoms with E-state index in [1.807, 2.05) is 6.92 Å². The lowest BCUT2D eigenvalue weighted by atomic mass is 10.2. The average molecular weight is 315 g/mol. The van der Waals surface area contributed by atoms with E-state index in [2.05, 4.69) is 14.7 Å². The zero-order chi connectivity index (χ0) is 14.6. The highest BCUT2D eigenvalue weighted by Crippen LogP contribution is 2.24. The van der Waals surface area contributed by atoms with Gasteiger partial charge in [0.25, 0.3) is 10.0 Å². The van der Waals surface area contributed by atoms with E-state index in [1.165, 1.54) is 11.3 Å². The van der Waals surface area contributed by atoms with Crippen molar-refractivity contribution in [3.8, 4) is 0 Å². The standard InChI is InChI=1S/C12H17N3O3S2/c1-2-10(12-13-6-7-14-12)15-20(17,18)11-4-3-9(19-11)5-8-16/h3-4,6-7,10,15-16H,2,5,8H2,1H3,(H,13,14). The molecule has 2 heterocycles. The van der Waals surface area contributed by atoms with Crippen molar-refractivity contribution in [1.29, 1.82) is 0 Å². The summed E-state index contributed by atoms with van der Waals surface area (Å²) in [5.74, 6) is 0.600. The van der Waals surface area contributed by atoms with Gasteiger partial charge in [0, 0.05) is 30.3 Å². The molecule has 0 aliphatic heterocycles. The monoisotopic (exact) mass is 315 g/mol. The van der Waals surface area contributed by atoms with Crippen molar-refractivity contribution in [3.05, 3.63) is 35.2 Å². The molecule has 8 heteroatoms. The van der Waals surface area contributed by atoms with Crippen molar-refractivity contribution >= 4 is 21.4 Å². The summed E-state index contributed by atoms with van der Waals surface area (Å²) in [5.41, 5.74) is 0. The number of rotatable bonds is 7. The zero-order valence-corrected chi connectivity index (χ0v) is 12.7. The number of nitrogens with zero attached hydrogens (tertiary/aromatic N) is 1. The number of aliphatic hydroxyl groups excluding tert-OH is 1. The summed E-state index contributed by atoms with van der Waals surface area (Å²) >= 11 is 1.17. The van der Waals surface area contributed by atoms with Crippen molar-refractivity contribution in [3.63, 3.8) is 0 Å². The van der Waals surface area contributed by atoms with Gasteiger partial charge >= 0.3 is 0 Å². The Balaban J connectivity index is 2.17. The third kappa shape index (κ3) is 3.45. The van der Waals surface area contributed by atoms with Crippen LogP contribution in [0.2, 0.25) is 0 Å². The molecule has 0 bridgehead atoms. The van der Waals surface area contributed by atoms with E-state index in [-0.39, 0.29) is 16.9 Å². The van der Waals surface area contributed by atoms with Crippen LogP contribution in [0.25, 0.3) is 0 Å². The fraction of sp³-hybridized carbons (Fsp3) is 0.417. The Morgan fingerprint density at radius 2 is 2.30 bits per heavy atom. The fourth-order valence-corrected chi connectivity index (χ4v) is 4.44. The van der Waals surface area contributed by atoms with Crippen LogP contribution >= 0.6 is 11.3 Å². The second kappa shape index (κ2) is 6.49. The van der Waals surface area contributed by atoms with Crippen LogP contribution in [0.3, 0.4) is 0 Å². The Morgan fingerprint density at radius 3 is 2.90 bits per heavy atom. The van der Waals surface area contributed by atoms with Crippen molar-refractivity contribution < 1.29 is 13.5 Å². The molecule has 110 valence electrons. The van der Waals surface area contributed by atoms with Crippen LogP contribution in [0.1, 0.15) is 30.1 Å². The minimum atomic E-state index is -3.57. The van der Waals surface area contributed by atoms with Crippen LogP contribution in [0.5, 0.6) is 0 Å². The van der Waals surface area contributed by atoms with Gasteiger partial charge in [0.1, 0.15) is 10.0 Å². The zero-order valence-electron chi connectivity index (χ0n) is 11.0. The Morgan fingerprint density at radius 1 is 1.50 bits per heavy atom. The van der Waals surface area contributed by atoms with Gasteiger partial charge in [0.15, 0.2) is 0 Å². The summed E-state index contributed by atoms with van der Waals surface area (Å²) in [7, 11) is -3.57. The molecule has 0 amide bonds. The number of sulfonamides is 1. The molecule has 0 spiro atoms. The van der Waals surface area contributed by atoms with Gasteiger partial charge in [-0.05, 0) is 18.6 Å². The molecule has 0 aromatic carbocycles. The lowest BCUT2D eigenvalue weighted by Crippen LogP contribution is -2.28. The fourth-order valence-electron chi connectivity index (χ4n) is 1.79. The first kappa shape index (κ1) is 15.2. The van der Waals surface area contributed by atoms with E-state index in [0.717, 1.165) is 4.88 Å². The van der Waals surface area contributed by atoms with Crippen molar-refractivity contribution in [2.24, 2.45) is 0 Å². The highest BCUT2D eigenvalue weighted by atomic mass is 32.2. The van der Waals surface area contributed by atoms with Gasteiger partial charge in [-0.25, -0.2) is 13.4 Å². The largest absolute Gasteiger partial charge is 0.396 e. The van der Waals surface area contributed by atoms with Gasteiger partial charge < -0.3 is 10.1 Å². The molecule has 0 saturated heterocycles. The number of aromatic amines is 1. The number of nitrogens with one attached hydrogen (secondary N) is 2. The third-order valence-electron chi connectivity index (χ3n) is 2.82. The molecule has 0 aliphatic rings. The lowest BCUT2D eigenvalue weighted by Gasteiger charge is -2.13. The maximum atomic E-state index is 12.3. The van der Waals surface area contributed by atoms with Crippen molar-refractivity contribution in [2.45, 2.75) is 30.0 Å². The Kier molecular flexibility index (Phi) is 4.92. The molecule has 2 aromatic heterocycles. The predicted octanol–water partition coefficient (Wildman–Crippen LogP) is 1.44. The van der Waals surface area contributed by atoms with Crippen molar-refractivity contribution in [1.82, 2.24) is 14.7 Å². The summed E-state index contributed by atoms with van der Waals surface area (Å²) in [6, 6.07) is 2.91. The molecule has 0 saturated carbocycles. The molecular weight excluding hydrogens is 298 g/mol. The minimum Gasteiger partial charge on any atom is -0.396 e. The molecule has 3 N–H and O–H groups in total. The molecule has 2 aromatic rings. The normalized spacial score (nSPS) is 13.5. The summed E-state index contributed by atoms with van der Waals surface area (Å²) in [5, 5.41) is 8.87. The molecule has 0 aliphatic carbocycles. The molecule has 20 heavy (non-hydrogen) atoms. The quantitative estimate of drug-likeness (QED) is 0.720. The Hall–Kier alpha value is -1.22. The Labute approximate surface area is 121 Å². The minimum absolute atomic E-state index is 0.0113. The maximum Gasteiger partial charge on any atom is 0.250 e. The number of hydrogen-bond donors (Lipinski definition) is 3. The SMILES string of the molecule is CCC(NS(=O)(=O)c1ccc(CCO)s1)c1ncc[nH]1. The van der Waals surface area contributed by atoms with Gasteiger partial charge in [-0.15, -0.1) is 11.3 Å². The van der Waals surface area contributed by atoms with Gasteiger partial charge in [0.05, 0.1) is 6.04 Å². The predicted molar refractivity (Wildman–Crippen MR) is 77.1 cm³/mol. The Bertz CT molecular complexity index is 635. The van der Waals surface area contributed by atoms with Gasteiger partial charge in [-0.3, -0.25) is 0 Å². The van der Waals surface area contributed by atoms with E-state index in [1.54, 1.807) is 24.5 Å². The maximum absolute atomic E-state index is 12.3. The molecule has 0 radical (unpaired) electrons. The summed E-state index contributed by atoms with van der Waals surface area (Å²) in [6.07, 6.45) is 4.32. The molecule has 0 fully saturated rings. The van der Waals surface area contributed by atoms with Crippen LogP contribution < -0.4 is 4.72 Å². The number of thiophene rings is 1. The van der Waals surface area contributed by atoms with E-state index in [4.69, 9.17) is 5.11 Å². The highest BCUT2D eigenvalue weighted by molar-refractivity contribution is 7.91. The van der Waals surface area contributed by atoms with E-state index < -0.39 is 10.0 Å². The first-order valence-corrected chi connectivity index (χ1v) is 8.58. The number of imidazole rings is 1. The average Bonchev–Trinajstić information content (AvgIpc) is 3.07. The van der Waals surface area contributed by atoms with Gasteiger partial charge in [-0.2, -0.15) is 4.72 Å². The van der Waals surface area contributed by atoms with E-state index in [9.17, 15) is 8.42 Å². The lowest BCUT2D eigenvalue weighted by molar-refractivity contribution is 0.300.